The Balaban J connectivity index is 2.55. The molecule has 0 aliphatic rings. The van der Waals surface area contributed by atoms with Gasteiger partial charge in [-0.3, -0.25) is 4.79 Å². The van der Waals surface area contributed by atoms with Crippen LogP contribution in [-0.4, -0.2) is 9.97 Å². The van der Waals surface area contributed by atoms with Gasteiger partial charge in [-0.05, 0) is 18.6 Å². The van der Waals surface area contributed by atoms with E-state index in [2.05, 4.69) is 9.97 Å². The third-order valence-electron chi connectivity index (χ3n) is 2.59. The summed E-state index contributed by atoms with van der Waals surface area (Å²) < 4.78 is 0. The van der Waals surface area contributed by atoms with Gasteiger partial charge in [-0.25, -0.2) is 4.98 Å². The van der Waals surface area contributed by atoms with Gasteiger partial charge in [-0.15, -0.1) is 0 Å². The van der Waals surface area contributed by atoms with Crippen molar-refractivity contribution in [2.24, 2.45) is 0 Å². The van der Waals surface area contributed by atoms with Crippen LogP contribution >= 0.6 is 11.6 Å². The normalized spacial score (nSPS) is 10.5. The Bertz CT molecular complexity index is 605. The number of hydrogen-bond acceptors (Lipinski definition) is 2. The van der Waals surface area contributed by atoms with Crippen LogP contribution in [0.4, 0.5) is 0 Å². The molecular weight excluding hydrogens is 236 g/mol. The van der Waals surface area contributed by atoms with Crippen molar-refractivity contribution in [3.63, 3.8) is 0 Å². The summed E-state index contributed by atoms with van der Waals surface area (Å²) in [6.45, 7) is 3.89. The van der Waals surface area contributed by atoms with E-state index in [-0.39, 0.29) is 5.56 Å². The van der Waals surface area contributed by atoms with Crippen LogP contribution in [-0.2, 0) is 6.42 Å². The average Bonchev–Trinajstić information content (AvgIpc) is 2.32. The fourth-order valence-electron chi connectivity index (χ4n) is 1.58. The van der Waals surface area contributed by atoms with Gasteiger partial charge < -0.3 is 4.98 Å². The molecule has 4 heteroatoms. The molecule has 0 atom stereocenters. The Morgan fingerprint density at radius 2 is 2.12 bits per heavy atom. The van der Waals surface area contributed by atoms with Gasteiger partial charge in [0.2, 0.25) is 0 Å². The molecule has 0 radical (unpaired) electrons. The van der Waals surface area contributed by atoms with E-state index in [9.17, 15) is 4.79 Å². The summed E-state index contributed by atoms with van der Waals surface area (Å²) in [4.78, 5) is 18.5. The molecule has 2 rings (SSSR count). The maximum Gasteiger partial charge on any atom is 0.251 e. The van der Waals surface area contributed by atoms with Gasteiger partial charge in [0.1, 0.15) is 5.82 Å². The quantitative estimate of drug-likeness (QED) is 0.888. The minimum Gasteiger partial charge on any atom is -0.311 e. The second-order valence-electron chi connectivity index (χ2n) is 3.89. The molecule has 1 N–H and O–H groups in total. The van der Waals surface area contributed by atoms with Crippen LogP contribution < -0.4 is 5.56 Å². The van der Waals surface area contributed by atoms with E-state index in [1.807, 2.05) is 32.0 Å². The number of nitrogens with zero attached hydrogens (tertiary/aromatic N) is 1. The molecule has 0 bridgehead atoms. The zero-order valence-corrected chi connectivity index (χ0v) is 10.5. The van der Waals surface area contributed by atoms with Crippen LogP contribution in [0.15, 0.2) is 29.1 Å². The molecule has 3 nitrogen and oxygen atoms in total. The smallest absolute Gasteiger partial charge is 0.251 e. The standard InChI is InChI=1S/C13H13ClN2O/c1-3-12-15-11(7-13(17)16-12)9-5-4-8(2)10(14)6-9/h4-7H,3H2,1-2H3,(H,15,16,17). The highest BCUT2D eigenvalue weighted by Crippen LogP contribution is 2.23. The van der Waals surface area contributed by atoms with Gasteiger partial charge in [-0.1, -0.05) is 30.7 Å². The van der Waals surface area contributed by atoms with E-state index in [4.69, 9.17) is 11.6 Å². The summed E-state index contributed by atoms with van der Waals surface area (Å²) in [5.41, 5.74) is 2.40. The number of halogens is 1. The summed E-state index contributed by atoms with van der Waals surface area (Å²) in [5, 5.41) is 0.683. The van der Waals surface area contributed by atoms with Crippen LogP contribution in [0.3, 0.4) is 0 Å². The van der Waals surface area contributed by atoms with Crippen molar-refractivity contribution >= 4 is 11.6 Å². The highest BCUT2D eigenvalue weighted by Gasteiger charge is 2.05. The van der Waals surface area contributed by atoms with Crippen molar-refractivity contribution in [2.75, 3.05) is 0 Å². The average molecular weight is 249 g/mol. The second kappa shape index (κ2) is 4.72. The zero-order chi connectivity index (χ0) is 12.4. The minimum atomic E-state index is -0.136. The number of H-pyrrole nitrogens is 1. The molecule has 1 heterocycles. The van der Waals surface area contributed by atoms with Crippen LogP contribution in [0.25, 0.3) is 11.3 Å². The number of nitrogens with one attached hydrogen (secondary N) is 1. The number of aromatic amines is 1. The lowest BCUT2D eigenvalue weighted by molar-refractivity contribution is 0.924. The van der Waals surface area contributed by atoms with E-state index in [0.717, 1.165) is 11.1 Å². The van der Waals surface area contributed by atoms with Crippen molar-refractivity contribution in [3.05, 3.63) is 51.0 Å². The Kier molecular flexibility index (Phi) is 3.29. The minimum absolute atomic E-state index is 0.136. The first-order valence-electron chi connectivity index (χ1n) is 5.47. The predicted molar refractivity (Wildman–Crippen MR) is 69.4 cm³/mol. The third kappa shape index (κ3) is 2.56. The monoisotopic (exact) mass is 248 g/mol. The Labute approximate surface area is 104 Å². The fraction of sp³-hybridized carbons (Fsp3) is 0.231. The maximum absolute atomic E-state index is 11.5. The molecule has 17 heavy (non-hydrogen) atoms. The van der Waals surface area contributed by atoms with Gasteiger partial charge >= 0.3 is 0 Å². The molecule has 0 amide bonds. The molecule has 0 unspecified atom stereocenters. The topological polar surface area (TPSA) is 45.8 Å². The Hall–Kier alpha value is -1.61. The molecule has 0 aliphatic carbocycles. The molecule has 0 saturated heterocycles. The molecule has 0 aliphatic heterocycles. The molecule has 0 spiro atoms. The molecular formula is C13H13ClN2O. The summed E-state index contributed by atoms with van der Waals surface area (Å²) in [6, 6.07) is 7.16. The summed E-state index contributed by atoms with van der Waals surface area (Å²) in [6.07, 6.45) is 0.697. The van der Waals surface area contributed by atoms with E-state index < -0.39 is 0 Å². The molecule has 0 saturated carbocycles. The fourth-order valence-corrected chi connectivity index (χ4v) is 1.76. The Morgan fingerprint density at radius 3 is 2.76 bits per heavy atom. The van der Waals surface area contributed by atoms with Gasteiger partial charge in [0.25, 0.3) is 5.56 Å². The molecule has 1 aromatic carbocycles. The lowest BCUT2D eigenvalue weighted by Crippen LogP contribution is -2.10. The first-order valence-corrected chi connectivity index (χ1v) is 5.84. The maximum atomic E-state index is 11.5. The second-order valence-corrected chi connectivity index (χ2v) is 4.30. The summed E-state index contributed by atoms with van der Waals surface area (Å²) in [7, 11) is 0. The Morgan fingerprint density at radius 1 is 1.35 bits per heavy atom. The predicted octanol–water partition coefficient (Wildman–Crippen LogP) is 2.96. The third-order valence-corrected chi connectivity index (χ3v) is 3.00. The van der Waals surface area contributed by atoms with Crippen molar-refractivity contribution < 1.29 is 0 Å². The molecule has 88 valence electrons. The van der Waals surface area contributed by atoms with E-state index in [1.54, 1.807) is 0 Å². The van der Waals surface area contributed by atoms with Gasteiger partial charge in [-0.2, -0.15) is 0 Å². The van der Waals surface area contributed by atoms with Crippen LogP contribution in [0, 0.1) is 6.92 Å². The summed E-state index contributed by atoms with van der Waals surface area (Å²) >= 11 is 6.06. The lowest BCUT2D eigenvalue weighted by Gasteiger charge is -2.04. The van der Waals surface area contributed by atoms with E-state index in [1.165, 1.54) is 6.07 Å². The summed E-state index contributed by atoms with van der Waals surface area (Å²) in [5.74, 6) is 0.684. The number of benzene rings is 1. The van der Waals surface area contributed by atoms with Crippen molar-refractivity contribution in [1.82, 2.24) is 9.97 Å². The highest BCUT2D eigenvalue weighted by molar-refractivity contribution is 6.31. The van der Waals surface area contributed by atoms with Crippen molar-refractivity contribution in [3.8, 4) is 11.3 Å². The van der Waals surface area contributed by atoms with E-state index >= 15 is 0 Å². The SMILES string of the molecule is CCc1nc(-c2ccc(C)c(Cl)c2)cc(=O)[nH]1. The zero-order valence-electron chi connectivity index (χ0n) is 9.75. The van der Waals surface area contributed by atoms with Crippen LogP contribution in [0.2, 0.25) is 5.02 Å². The first kappa shape index (κ1) is 11.9. The van der Waals surface area contributed by atoms with Crippen LogP contribution in [0.5, 0.6) is 0 Å². The van der Waals surface area contributed by atoms with Gasteiger partial charge in [0.15, 0.2) is 0 Å². The number of aryl methyl sites for hydroxylation is 2. The van der Waals surface area contributed by atoms with Gasteiger partial charge in [0, 0.05) is 23.1 Å². The highest BCUT2D eigenvalue weighted by atomic mass is 35.5. The lowest BCUT2D eigenvalue weighted by atomic mass is 10.1. The van der Waals surface area contributed by atoms with Crippen LogP contribution in [0.1, 0.15) is 18.3 Å². The van der Waals surface area contributed by atoms with Crippen molar-refractivity contribution in [1.29, 1.82) is 0 Å². The largest absolute Gasteiger partial charge is 0.311 e. The number of hydrogen-bond donors (Lipinski definition) is 1. The number of rotatable bonds is 2. The molecule has 1 aromatic heterocycles. The number of aromatic nitrogens is 2. The first-order chi connectivity index (χ1) is 8.10. The van der Waals surface area contributed by atoms with Crippen molar-refractivity contribution in [2.45, 2.75) is 20.3 Å². The van der Waals surface area contributed by atoms with Gasteiger partial charge in [0.05, 0.1) is 5.69 Å². The molecule has 2 aromatic rings. The molecule has 0 fully saturated rings. The van der Waals surface area contributed by atoms with E-state index in [0.29, 0.717) is 23.0 Å².